The van der Waals surface area contributed by atoms with Gasteiger partial charge in [0.05, 0.1) is 0 Å². The van der Waals surface area contributed by atoms with Gasteiger partial charge in [0, 0.05) is 89.9 Å². The Labute approximate surface area is 88.2 Å². The molecule has 0 N–H and O–H groups in total. The molecule has 0 aromatic rings. The molecule has 4 heteroatoms. The molecule has 0 aromatic heterocycles. The first-order valence-corrected chi connectivity index (χ1v) is 0. The van der Waals surface area contributed by atoms with Gasteiger partial charge < -0.3 is 0 Å². The van der Waals surface area contributed by atoms with Crippen LogP contribution in [0, 0.1) is 35.6 Å². The molecule has 0 atom stereocenters. The van der Waals surface area contributed by atoms with Crippen LogP contribution in [0.3, 0.4) is 0 Å². The summed E-state index contributed by atoms with van der Waals surface area (Å²) in [5.74, 6) is 0. The van der Waals surface area contributed by atoms with E-state index < -0.39 is 0 Å². The van der Waals surface area contributed by atoms with Crippen molar-refractivity contribution in [3.63, 3.8) is 0 Å². The van der Waals surface area contributed by atoms with Gasteiger partial charge >= 0.3 is 0 Å². The average molecular weight is 452 g/mol. The predicted molar refractivity (Wildman–Crippen MR) is 0 cm³/mol. The van der Waals surface area contributed by atoms with Crippen LogP contribution in [0.15, 0.2) is 0 Å². The largest absolute Gasteiger partial charge is 0 e. The fraction of sp³-hybridized carbons (Fsp3) is 0. The number of rotatable bonds is 0. The maximum atomic E-state index is 0. The summed E-state index contributed by atoms with van der Waals surface area (Å²) in [6.45, 7) is 0. The molecule has 0 bridgehead atoms. The van der Waals surface area contributed by atoms with E-state index >= 15 is 0 Å². The Morgan fingerprint density at radius 1 is 1.00 bits per heavy atom. The van der Waals surface area contributed by atoms with Gasteiger partial charge in [-0.1, -0.05) is 0 Å². The van der Waals surface area contributed by atoms with Crippen LogP contribution in [-0.2, 0) is 54.3 Å². The van der Waals surface area contributed by atoms with Gasteiger partial charge in [-0.2, -0.15) is 0 Å². The summed E-state index contributed by atoms with van der Waals surface area (Å²) in [7, 11) is 0. The van der Waals surface area contributed by atoms with E-state index in [2.05, 4.69) is 0 Å². The zero-order chi connectivity index (χ0) is 0. The Morgan fingerprint density at radius 2 is 1.00 bits per heavy atom. The fourth-order valence-electron chi connectivity index (χ4n) is 0. The van der Waals surface area contributed by atoms with Crippen LogP contribution in [0.1, 0.15) is 0 Å². The smallest absolute Gasteiger partial charge is 0 e. The van der Waals surface area contributed by atoms with E-state index in [4.69, 9.17) is 0 Å². The van der Waals surface area contributed by atoms with Crippen molar-refractivity contribution in [3.8, 4) is 0 Å². The normalized spacial score (nSPS) is 0. The van der Waals surface area contributed by atoms with Gasteiger partial charge in [-0.05, 0) is 0 Å². The van der Waals surface area contributed by atoms with E-state index in [1.807, 2.05) is 0 Å². The third kappa shape index (κ3) is 8.86. The van der Waals surface area contributed by atoms with E-state index in [0.717, 1.165) is 0 Å². The standard InChI is InChI=1S/Co.La.Ni.Pt. The van der Waals surface area contributed by atoms with E-state index in [9.17, 15) is 0 Å². The quantitative estimate of drug-likeness (QED) is 0.455. The second kappa shape index (κ2) is 16.9. The molecule has 0 aliphatic heterocycles. The van der Waals surface area contributed by atoms with Crippen molar-refractivity contribution < 1.29 is 89.9 Å². The Balaban J connectivity index is 0. The molecule has 0 aromatic carbocycles. The third-order valence-corrected chi connectivity index (χ3v) is 0. The van der Waals surface area contributed by atoms with Gasteiger partial charge in [-0.15, -0.1) is 0 Å². The first-order chi connectivity index (χ1) is 0. The fourth-order valence-corrected chi connectivity index (χ4v) is 0. The maximum absolute atomic E-state index is 0. The SMILES string of the molecule is [Co].[La].[Ni].[Pt]. The van der Waals surface area contributed by atoms with Gasteiger partial charge in [-0.25, -0.2) is 0 Å². The van der Waals surface area contributed by atoms with Crippen molar-refractivity contribution >= 4 is 0 Å². The van der Waals surface area contributed by atoms with E-state index in [1.54, 1.807) is 0 Å². The van der Waals surface area contributed by atoms with Gasteiger partial charge in [0.1, 0.15) is 0 Å². The maximum Gasteiger partial charge on any atom is 0 e. The molecule has 2 radical (unpaired) electrons. The van der Waals surface area contributed by atoms with Crippen LogP contribution in [0.5, 0.6) is 0 Å². The Bertz CT molecular complexity index is 8.00. The first kappa shape index (κ1) is 28.7. The van der Waals surface area contributed by atoms with Gasteiger partial charge in [0.25, 0.3) is 0 Å². The molecule has 0 aliphatic rings. The minimum atomic E-state index is 0. The molecule has 0 spiro atoms. The summed E-state index contributed by atoms with van der Waals surface area (Å²) in [6.07, 6.45) is 0. The average Bonchev–Trinajstić information content (AvgIpc) is 0. The second-order valence-electron chi connectivity index (χ2n) is 0. The van der Waals surface area contributed by atoms with Crippen molar-refractivity contribution in [1.82, 2.24) is 0 Å². The molecule has 0 saturated heterocycles. The predicted octanol–water partition coefficient (Wildman–Crippen LogP) is -0.00750. The van der Waals surface area contributed by atoms with Crippen LogP contribution in [0.25, 0.3) is 0 Å². The molecule has 0 nitrogen and oxygen atoms in total. The van der Waals surface area contributed by atoms with Crippen LogP contribution in [-0.4, -0.2) is 0 Å². The zero-order valence-corrected chi connectivity index (χ0v) is 9.47. The summed E-state index contributed by atoms with van der Waals surface area (Å²) in [4.78, 5) is 0. The molecule has 0 rings (SSSR count). The monoisotopic (exact) mass is 451 g/mol. The van der Waals surface area contributed by atoms with E-state index in [-0.39, 0.29) is 89.9 Å². The van der Waals surface area contributed by atoms with Crippen LogP contribution in [0.2, 0.25) is 0 Å². The van der Waals surface area contributed by atoms with Crippen molar-refractivity contribution in [2.75, 3.05) is 0 Å². The summed E-state index contributed by atoms with van der Waals surface area (Å²) in [5.41, 5.74) is 0. The Hall–Kier alpha value is 2.88. The Kier molecular flexibility index (Phi) is 121. The van der Waals surface area contributed by atoms with Gasteiger partial charge in [0.2, 0.25) is 0 Å². The third-order valence-electron chi connectivity index (χ3n) is 0. The minimum Gasteiger partial charge on any atom is 0 e. The molecule has 0 aliphatic carbocycles. The van der Waals surface area contributed by atoms with Crippen LogP contribution < -0.4 is 0 Å². The van der Waals surface area contributed by atoms with Crippen LogP contribution in [0.4, 0.5) is 0 Å². The van der Waals surface area contributed by atoms with Crippen molar-refractivity contribution in [3.05, 3.63) is 0 Å². The zero-order valence-electron chi connectivity index (χ0n) is 1.54. The summed E-state index contributed by atoms with van der Waals surface area (Å²) in [5, 5.41) is 0. The molecule has 0 amide bonds. The Morgan fingerprint density at radius 3 is 1.00 bits per heavy atom. The van der Waals surface area contributed by atoms with Crippen molar-refractivity contribution in [2.24, 2.45) is 0 Å². The summed E-state index contributed by atoms with van der Waals surface area (Å²) in [6, 6.07) is 0. The van der Waals surface area contributed by atoms with Crippen molar-refractivity contribution in [2.45, 2.75) is 0 Å². The molecule has 32 valence electrons. The molecule has 4 heavy (non-hydrogen) atoms. The van der Waals surface area contributed by atoms with E-state index in [0.29, 0.717) is 0 Å². The number of hydrogen-bond donors (Lipinski definition) is 0. The number of hydrogen-bond acceptors (Lipinski definition) is 0. The summed E-state index contributed by atoms with van der Waals surface area (Å²) < 4.78 is 0. The minimum absolute atomic E-state index is 0. The second-order valence-corrected chi connectivity index (χ2v) is 0. The van der Waals surface area contributed by atoms with Gasteiger partial charge in [0.15, 0.2) is 0 Å². The molecule has 0 saturated carbocycles. The molecule has 0 fully saturated rings. The first-order valence-electron chi connectivity index (χ1n) is 0. The van der Waals surface area contributed by atoms with E-state index in [1.165, 1.54) is 0 Å². The summed E-state index contributed by atoms with van der Waals surface area (Å²) >= 11 is 0. The molecule has 0 heterocycles. The molecular weight excluding hydrogens is 452 g/mol. The van der Waals surface area contributed by atoms with Crippen molar-refractivity contribution in [1.29, 1.82) is 0 Å². The van der Waals surface area contributed by atoms with Gasteiger partial charge in [-0.3, -0.25) is 0 Å². The molecule has 0 unspecified atom stereocenters. The molecular formula is CoLaNiPt. The van der Waals surface area contributed by atoms with Crippen LogP contribution >= 0.6 is 0 Å². The topological polar surface area (TPSA) is 0 Å².